The minimum Gasteiger partial charge on any atom is -0.335 e. The molecule has 1 N–H and O–H groups in total. The van der Waals surface area contributed by atoms with E-state index in [9.17, 15) is 13.2 Å². The molecule has 0 bridgehead atoms. The number of aromatic nitrogens is 5. The van der Waals surface area contributed by atoms with Crippen LogP contribution in [0.1, 0.15) is 18.2 Å². The smallest absolute Gasteiger partial charge is 0.259 e. The molecule has 1 fully saturated rings. The highest BCUT2D eigenvalue weighted by Crippen LogP contribution is 2.32. The molecular formula is C12H17N7O3S. The van der Waals surface area contributed by atoms with Gasteiger partial charge >= 0.3 is 0 Å². The van der Waals surface area contributed by atoms with Gasteiger partial charge in [-0.05, 0) is 6.07 Å². The Morgan fingerprint density at radius 2 is 2.00 bits per heavy atom. The zero-order valence-electron chi connectivity index (χ0n) is 12.9. The number of amides is 1. The molecule has 0 spiro atoms. The summed E-state index contributed by atoms with van der Waals surface area (Å²) in [5.41, 5.74) is 0.759. The van der Waals surface area contributed by atoms with Gasteiger partial charge in [0.25, 0.3) is 10.0 Å². The fraction of sp³-hybridized carbons (Fsp3) is 0.500. The zero-order chi connectivity index (χ0) is 16.8. The van der Waals surface area contributed by atoms with Crippen LogP contribution in [0.15, 0.2) is 23.5 Å². The van der Waals surface area contributed by atoms with E-state index in [1.54, 1.807) is 31.0 Å². The fourth-order valence-corrected chi connectivity index (χ4v) is 4.14. The number of carbonyl (C=O) groups excluding carboxylic acids is 1. The quantitative estimate of drug-likeness (QED) is 0.748. The molecular weight excluding hydrogens is 322 g/mol. The van der Waals surface area contributed by atoms with E-state index in [4.69, 9.17) is 0 Å². The van der Waals surface area contributed by atoms with Crippen molar-refractivity contribution >= 4 is 15.9 Å². The summed E-state index contributed by atoms with van der Waals surface area (Å²) in [5.74, 6) is -0.132. The first kappa shape index (κ1) is 15.6. The molecule has 1 saturated heterocycles. The largest absolute Gasteiger partial charge is 0.335 e. The van der Waals surface area contributed by atoms with Crippen LogP contribution in [-0.4, -0.2) is 57.1 Å². The number of hydrogen-bond acceptors (Lipinski definition) is 6. The Morgan fingerprint density at radius 3 is 2.57 bits per heavy atom. The van der Waals surface area contributed by atoms with Gasteiger partial charge in [-0.25, -0.2) is 17.8 Å². The van der Waals surface area contributed by atoms with Crippen LogP contribution < -0.4 is 4.72 Å². The van der Waals surface area contributed by atoms with Crippen molar-refractivity contribution in [1.29, 1.82) is 0 Å². The highest BCUT2D eigenvalue weighted by Gasteiger charge is 2.42. The third-order valence-corrected chi connectivity index (χ3v) is 5.54. The zero-order valence-corrected chi connectivity index (χ0v) is 13.7. The van der Waals surface area contributed by atoms with E-state index in [2.05, 4.69) is 20.1 Å². The summed E-state index contributed by atoms with van der Waals surface area (Å²) >= 11 is 0. The van der Waals surface area contributed by atoms with E-state index in [1.807, 2.05) is 0 Å². The summed E-state index contributed by atoms with van der Waals surface area (Å²) in [6.45, 7) is 0. The molecule has 0 radical (unpaired) electrons. The Balaban J connectivity index is 1.94. The monoisotopic (exact) mass is 339 g/mol. The molecule has 0 unspecified atom stereocenters. The number of aryl methyl sites for hydroxylation is 2. The average molecular weight is 339 g/mol. The molecule has 1 aliphatic heterocycles. The van der Waals surface area contributed by atoms with Gasteiger partial charge in [0.15, 0.2) is 5.03 Å². The van der Waals surface area contributed by atoms with Crippen molar-refractivity contribution in [2.75, 3.05) is 7.05 Å². The van der Waals surface area contributed by atoms with Gasteiger partial charge in [0.2, 0.25) is 5.91 Å². The van der Waals surface area contributed by atoms with Crippen molar-refractivity contribution in [3.05, 3.63) is 24.2 Å². The second-order valence-electron chi connectivity index (χ2n) is 5.46. The van der Waals surface area contributed by atoms with Crippen molar-refractivity contribution < 1.29 is 13.2 Å². The molecule has 10 nitrogen and oxygen atoms in total. The van der Waals surface area contributed by atoms with Crippen molar-refractivity contribution in [1.82, 2.24) is 34.4 Å². The topological polar surface area (TPSA) is 115 Å². The number of carbonyl (C=O) groups is 1. The lowest BCUT2D eigenvalue weighted by molar-refractivity contribution is -0.127. The summed E-state index contributed by atoms with van der Waals surface area (Å²) in [4.78, 5) is 13.6. The number of sulfonamides is 1. The van der Waals surface area contributed by atoms with Gasteiger partial charge in [0.1, 0.15) is 0 Å². The second kappa shape index (κ2) is 5.42. The maximum atomic E-state index is 12.5. The average Bonchev–Trinajstić information content (AvgIpc) is 3.13. The molecule has 0 aromatic carbocycles. The summed E-state index contributed by atoms with van der Waals surface area (Å²) < 4.78 is 30.4. The van der Waals surface area contributed by atoms with Gasteiger partial charge < -0.3 is 4.90 Å². The van der Waals surface area contributed by atoms with E-state index in [-0.39, 0.29) is 17.4 Å². The first-order valence-electron chi connectivity index (χ1n) is 6.92. The molecule has 1 amide bonds. The first-order valence-corrected chi connectivity index (χ1v) is 8.40. The Labute approximate surface area is 133 Å². The Bertz CT molecular complexity index is 840. The van der Waals surface area contributed by atoms with Gasteiger partial charge in [-0.1, -0.05) is 5.21 Å². The summed E-state index contributed by atoms with van der Waals surface area (Å²) in [6.07, 6.45) is 2.86. The Morgan fingerprint density at radius 1 is 1.26 bits per heavy atom. The van der Waals surface area contributed by atoms with Crippen LogP contribution in [-0.2, 0) is 28.9 Å². The van der Waals surface area contributed by atoms with E-state index in [0.717, 1.165) is 5.69 Å². The number of nitrogens with zero attached hydrogens (tertiary/aromatic N) is 6. The Hall–Kier alpha value is -2.27. The van der Waals surface area contributed by atoms with Gasteiger partial charge in [0.05, 0.1) is 24.0 Å². The lowest BCUT2D eigenvalue weighted by Gasteiger charge is -2.25. The molecule has 2 aromatic heterocycles. The van der Waals surface area contributed by atoms with E-state index < -0.39 is 22.1 Å². The minimum atomic E-state index is -3.84. The summed E-state index contributed by atoms with van der Waals surface area (Å²) in [5, 5.41) is 11.2. The highest BCUT2D eigenvalue weighted by atomic mass is 32.2. The van der Waals surface area contributed by atoms with Crippen molar-refractivity contribution in [2.24, 2.45) is 14.1 Å². The number of rotatable bonds is 4. The summed E-state index contributed by atoms with van der Waals surface area (Å²) in [6, 6.07) is 0.751. The molecule has 0 saturated carbocycles. The van der Waals surface area contributed by atoms with Gasteiger partial charge in [-0.15, -0.1) is 5.10 Å². The molecule has 3 rings (SSSR count). The Kier molecular flexibility index (Phi) is 3.68. The van der Waals surface area contributed by atoms with Crippen LogP contribution in [0.2, 0.25) is 0 Å². The molecule has 124 valence electrons. The number of likely N-dealkylation sites (N-methyl/N-ethyl adjacent to an activating group) is 1. The predicted molar refractivity (Wildman–Crippen MR) is 78.4 cm³/mol. The van der Waals surface area contributed by atoms with E-state index >= 15 is 0 Å². The van der Waals surface area contributed by atoms with Crippen LogP contribution in [0, 0.1) is 0 Å². The van der Waals surface area contributed by atoms with Crippen molar-refractivity contribution in [3.8, 4) is 0 Å². The lowest BCUT2D eigenvalue weighted by atomic mass is 10.1. The third kappa shape index (κ3) is 2.61. The molecule has 23 heavy (non-hydrogen) atoms. The predicted octanol–water partition coefficient (Wildman–Crippen LogP) is -1.20. The molecule has 1 aliphatic rings. The number of nitrogens with one attached hydrogen (secondary N) is 1. The SMILES string of the molecule is CN1C(=O)C[C@@H](NS(=O)(=O)c2cnnn2C)[C@@H]1c1ccnn1C. The molecule has 0 aliphatic carbocycles. The van der Waals surface area contributed by atoms with Crippen molar-refractivity contribution in [3.63, 3.8) is 0 Å². The van der Waals surface area contributed by atoms with Crippen LogP contribution in [0.5, 0.6) is 0 Å². The number of likely N-dealkylation sites (tertiary alicyclic amines) is 1. The minimum absolute atomic E-state index is 0.0525. The van der Waals surface area contributed by atoms with Gasteiger partial charge in [-0.2, -0.15) is 5.10 Å². The van der Waals surface area contributed by atoms with Crippen molar-refractivity contribution in [2.45, 2.75) is 23.5 Å². The van der Waals surface area contributed by atoms with Gasteiger partial charge in [-0.3, -0.25) is 9.48 Å². The van der Waals surface area contributed by atoms with E-state index in [0.29, 0.717) is 0 Å². The molecule has 2 aromatic rings. The summed E-state index contributed by atoms with van der Waals surface area (Å²) in [7, 11) is 1.06. The second-order valence-corrected chi connectivity index (χ2v) is 7.12. The first-order chi connectivity index (χ1) is 10.8. The van der Waals surface area contributed by atoms with Crippen LogP contribution in [0.4, 0.5) is 0 Å². The normalized spacial score (nSPS) is 22.0. The standard InChI is InChI=1S/C12H17N7O3S/c1-17-10(20)6-8(12(17)9-4-5-14-18(9)2)15-23(21,22)11-7-13-16-19(11)3/h4-5,7-8,12,15H,6H2,1-3H3/t8-,12-/m1/s1. The fourth-order valence-electron chi connectivity index (χ4n) is 2.84. The van der Waals surface area contributed by atoms with Crippen LogP contribution in [0.3, 0.4) is 0 Å². The molecule has 11 heteroatoms. The van der Waals surface area contributed by atoms with Crippen LogP contribution in [0.25, 0.3) is 0 Å². The molecule has 3 heterocycles. The maximum Gasteiger partial charge on any atom is 0.259 e. The van der Waals surface area contributed by atoms with Gasteiger partial charge in [0, 0.05) is 33.8 Å². The maximum absolute atomic E-state index is 12.5. The lowest BCUT2D eigenvalue weighted by Crippen LogP contribution is -2.40. The van der Waals surface area contributed by atoms with E-state index in [1.165, 1.54) is 22.8 Å². The third-order valence-electron chi connectivity index (χ3n) is 4.00. The van der Waals surface area contributed by atoms with Crippen LogP contribution >= 0.6 is 0 Å². The number of hydrogen-bond donors (Lipinski definition) is 1. The highest BCUT2D eigenvalue weighted by molar-refractivity contribution is 7.89. The molecule has 2 atom stereocenters.